The van der Waals surface area contributed by atoms with Crippen LogP contribution >= 0.6 is 12.6 Å². The van der Waals surface area contributed by atoms with E-state index in [1.54, 1.807) is 0 Å². The molecule has 2 unspecified atom stereocenters. The Kier molecular flexibility index (Phi) is 6.08. The summed E-state index contributed by atoms with van der Waals surface area (Å²) >= 11 is 4.73. The molecule has 1 heteroatoms. The highest BCUT2D eigenvalue weighted by atomic mass is 32.1. The van der Waals surface area contributed by atoms with Gasteiger partial charge in [0.15, 0.2) is 0 Å². The van der Waals surface area contributed by atoms with Crippen molar-refractivity contribution >= 4 is 12.6 Å². The first-order chi connectivity index (χ1) is 5.58. The lowest BCUT2D eigenvalue weighted by molar-refractivity contribution is 0.347. The fraction of sp³-hybridized carbons (Fsp3) is 1.00. The SMILES string of the molecule is CCCCC(CC)C(C)(S)CC. The molecule has 0 nitrogen and oxygen atoms in total. The number of thiol groups is 1. The Morgan fingerprint density at radius 3 is 2.17 bits per heavy atom. The van der Waals surface area contributed by atoms with E-state index in [4.69, 9.17) is 12.6 Å². The van der Waals surface area contributed by atoms with Crippen LogP contribution in [0.4, 0.5) is 0 Å². The first-order valence-corrected chi connectivity index (χ1v) is 5.75. The van der Waals surface area contributed by atoms with Gasteiger partial charge >= 0.3 is 0 Å². The fourth-order valence-electron chi connectivity index (χ4n) is 1.69. The van der Waals surface area contributed by atoms with Gasteiger partial charge in [-0.2, -0.15) is 12.6 Å². The Bertz CT molecular complexity index is 108. The van der Waals surface area contributed by atoms with Gasteiger partial charge in [-0.25, -0.2) is 0 Å². The van der Waals surface area contributed by atoms with Gasteiger partial charge in [-0.15, -0.1) is 0 Å². The van der Waals surface area contributed by atoms with E-state index in [-0.39, 0.29) is 4.75 Å². The van der Waals surface area contributed by atoms with Crippen LogP contribution in [0.3, 0.4) is 0 Å². The van der Waals surface area contributed by atoms with Gasteiger partial charge in [0.25, 0.3) is 0 Å². The van der Waals surface area contributed by atoms with Crippen molar-refractivity contribution in [2.75, 3.05) is 0 Å². The summed E-state index contributed by atoms with van der Waals surface area (Å²) < 4.78 is 0.254. The molecule has 0 bridgehead atoms. The summed E-state index contributed by atoms with van der Waals surface area (Å²) in [6.07, 6.45) is 6.46. The zero-order valence-corrected chi connectivity index (χ0v) is 9.95. The average Bonchev–Trinajstić information content (AvgIpc) is 2.05. The van der Waals surface area contributed by atoms with Crippen molar-refractivity contribution in [2.45, 2.75) is 64.5 Å². The topological polar surface area (TPSA) is 0 Å². The number of hydrogen-bond donors (Lipinski definition) is 1. The highest BCUT2D eigenvalue weighted by Gasteiger charge is 2.26. The Hall–Kier alpha value is 0.350. The molecule has 0 aliphatic carbocycles. The van der Waals surface area contributed by atoms with E-state index in [2.05, 4.69) is 27.7 Å². The highest BCUT2D eigenvalue weighted by Crippen LogP contribution is 2.33. The molecule has 0 N–H and O–H groups in total. The zero-order chi connectivity index (χ0) is 9.61. The maximum Gasteiger partial charge on any atom is 0.0127 e. The average molecular weight is 188 g/mol. The zero-order valence-electron chi connectivity index (χ0n) is 9.06. The minimum absolute atomic E-state index is 0.254. The van der Waals surface area contributed by atoms with Gasteiger partial charge in [0, 0.05) is 4.75 Å². The molecule has 0 radical (unpaired) electrons. The van der Waals surface area contributed by atoms with Crippen LogP contribution in [0.1, 0.15) is 59.8 Å². The predicted octanol–water partition coefficient (Wildman–Crippen LogP) is 4.30. The monoisotopic (exact) mass is 188 g/mol. The van der Waals surface area contributed by atoms with Crippen molar-refractivity contribution in [3.63, 3.8) is 0 Å². The van der Waals surface area contributed by atoms with Crippen LogP contribution in [0, 0.1) is 5.92 Å². The molecule has 0 saturated carbocycles. The van der Waals surface area contributed by atoms with Gasteiger partial charge in [0.1, 0.15) is 0 Å². The molecule has 0 aliphatic rings. The summed E-state index contributed by atoms with van der Waals surface area (Å²) in [4.78, 5) is 0. The predicted molar refractivity (Wildman–Crippen MR) is 61.0 cm³/mol. The quantitative estimate of drug-likeness (QED) is 0.590. The Labute approximate surface area is 83.5 Å². The van der Waals surface area contributed by atoms with Crippen LogP contribution in [-0.4, -0.2) is 4.75 Å². The molecule has 0 aromatic carbocycles. The maximum absolute atomic E-state index is 4.73. The molecule has 0 heterocycles. The van der Waals surface area contributed by atoms with Gasteiger partial charge < -0.3 is 0 Å². The number of rotatable bonds is 6. The molecule has 0 aromatic rings. The standard InChI is InChI=1S/C11H24S/c1-5-8-9-10(6-2)11(4,12)7-3/h10,12H,5-9H2,1-4H3. The molecule has 0 amide bonds. The van der Waals surface area contributed by atoms with E-state index in [0.29, 0.717) is 0 Å². The van der Waals surface area contributed by atoms with E-state index in [0.717, 1.165) is 5.92 Å². The second kappa shape index (κ2) is 5.90. The molecule has 2 atom stereocenters. The summed E-state index contributed by atoms with van der Waals surface area (Å²) in [5.74, 6) is 0.797. The Morgan fingerprint density at radius 2 is 1.83 bits per heavy atom. The summed E-state index contributed by atoms with van der Waals surface area (Å²) in [7, 11) is 0. The summed E-state index contributed by atoms with van der Waals surface area (Å²) in [5.41, 5.74) is 0. The van der Waals surface area contributed by atoms with Crippen molar-refractivity contribution in [3.8, 4) is 0 Å². The van der Waals surface area contributed by atoms with Gasteiger partial charge in [0.2, 0.25) is 0 Å². The van der Waals surface area contributed by atoms with Gasteiger partial charge in [-0.3, -0.25) is 0 Å². The second-order valence-electron chi connectivity index (χ2n) is 3.96. The fourth-order valence-corrected chi connectivity index (χ4v) is 2.01. The van der Waals surface area contributed by atoms with E-state index in [1.165, 1.54) is 32.1 Å². The highest BCUT2D eigenvalue weighted by molar-refractivity contribution is 7.81. The van der Waals surface area contributed by atoms with Gasteiger partial charge in [-0.1, -0.05) is 47.0 Å². The summed E-state index contributed by atoms with van der Waals surface area (Å²) in [6.45, 7) is 9.06. The lowest BCUT2D eigenvalue weighted by Crippen LogP contribution is -2.27. The molecule has 74 valence electrons. The van der Waals surface area contributed by atoms with Crippen LogP contribution in [0.2, 0.25) is 0 Å². The molecule has 0 aromatic heterocycles. The maximum atomic E-state index is 4.73. The van der Waals surface area contributed by atoms with Crippen molar-refractivity contribution in [1.29, 1.82) is 0 Å². The van der Waals surface area contributed by atoms with Crippen LogP contribution in [0.25, 0.3) is 0 Å². The van der Waals surface area contributed by atoms with Crippen LogP contribution in [0.15, 0.2) is 0 Å². The summed E-state index contributed by atoms with van der Waals surface area (Å²) in [6, 6.07) is 0. The minimum Gasteiger partial charge on any atom is -0.173 e. The lowest BCUT2D eigenvalue weighted by Gasteiger charge is -2.31. The van der Waals surface area contributed by atoms with Crippen molar-refractivity contribution in [1.82, 2.24) is 0 Å². The summed E-state index contributed by atoms with van der Waals surface area (Å²) in [5, 5.41) is 0. The van der Waals surface area contributed by atoms with Crippen LogP contribution < -0.4 is 0 Å². The molecule has 0 rings (SSSR count). The van der Waals surface area contributed by atoms with E-state index >= 15 is 0 Å². The largest absolute Gasteiger partial charge is 0.173 e. The van der Waals surface area contributed by atoms with Gasteiger partial charge in [0.05, 0.1) is 0 Å². The number of unbranched alkanes of at least 4 members (excludes halogenated alkanes) is 1. The molecule has 0 aliphatic heterocycles. The van der Waals surface area contributed by atoms with Crippen molar-refractivity contribution in [3.05, 3.63) is 0 Å². The Morgan fingerprint density at radius 1 is 1.25 bits per heavy atom. The molecule has 0 saturated heterocycles. The Balaban J connectivity index is 3.95. The van der Waals surface area contributed by atoms with Crippen LogP contribution in [-0.2, 0) is 0 Å². The van der Waals surface area contributed by atoms with E-state index in [1.807, 2.05) is 0 Å². The molecular formula is C11H24S. The molecule has 0 spiro atoms. The lowest BCUT2D eigenvalue weighted by atomic mass is 9.84. The molecule has 12 heavy (non-hydrogen) atoms. The van der Waals surface area contributed by atoms with Crippen molar-refractivity contribution in [2.24, 2.45) is 5.92 Å². The second-order valence-corrected chi connectivity index (χ2v) is 4.98. The van der Waals surface area contributed by atoms with Crippen molar-refractivity contribution < 1.29 is 0 Å². The third kappa shape index (κ3) is 3.84. The van der Waals surface area contributed by atoms with Crippen LogP contribution in [0.5, 0.6) is 0 Å². The van der Waals surface area contributed by atoms with E-state index < -0.39 is 0 Å². The molecular weight excluding hydrogens is 164 g/mol. The minimum atomic E-state index is 0.254. The van der Waals surface area contributed by atoms with E-state index in [9.17, 15) is 0 Å². The smallest absolute Gasteiger partial charge is 0.0127 e. The first kappa shape index (κ1) is 12.3. The molecule has 0 fully saturated rings. The van der Waals surface area contributed by atoms with Gasteiger partial charge in [-0.05, 0) is 18.8 Å². The normalized spacial score (nSPS) is 18.8. The third-order valence-corrected chi connectivity index (χ3v) is 3.68. The first-order valence-electron chi connectivity index (χ1n) is 5.30. The third-order valence-electron chi connectivity index (χ3n) is 2.99. The number of hydrogen-bond acceptors (Lipinski definition) is 1.